The van der Waals surface area contributed by atoms with E-state index >= 15 is 0 Å². The van der Waals surface area contributed by atoms with Crippen LogP contribution >= 0.6 is 22.6 Å². The van der Waals surface area contributed by atoms with E-state index in [4.69, 9.17) is 4.42 Å². The van der Waals surface area contributed by atoms with Crippen LogP contribution in [0.5, 0.6) is 0 Å². The Kier molecular flexibility index (Phi) is 4.97. The second-order valence-electron chi connectivity index (χ2n) is 4.67. The van der Waals surface area contributed by atoms with Gasteiger partial charge in [-0.05, 0) is 18.2 Å². The molecular weight excluding hydrogens is 439 g/mol. The van der Waals surface area contributed by atoms with E-state index in [2.05, 4.69) is 4.98 Å². The van der Waals surface area contributed by atoms with Crippen molar-refractivity contribution in [1.29, 1.82) is 0 Å². The van der Waals surface area contributed by atoms with Crippen molar-refractivity contribution < 1.29 is 30.8 Å². The number of hydrogen-bond acceptors (Lipinski definition) is 2. The summed E-state index contributed by atoms with van der Waals surface area (Å²) < 4.78 is 82.9. The Hall–Kier alpha value is -1.26. The highest BCUT2D eigenvalue weighted by atomic mass is 127. The first kappa shape index (κ1) is 18.1. The molecule has 1 heterocycles. The number of aromatic nitrogens is 1. The molecule has 0 spiro atoms. The summed E-state index contributed by atoms with van der Waals surface area (Å²) in [5.74, 6) is 0.200. The third-order valence-corrected chi connectivity index (χ3v) is 3.78. The summed E-state index contributed by atoms with van der Waals surface area (Å²) in [6.45, 7) is 1.76. The van der Waals surface area contributed by atoms with Crippen LogP contribution in [0, 0.1) is 0 Å². The number of rotatable bonds is 3. The quantitative estimate of drug-likeness (QED) is 0.333. The molecule has 0 aliphatic heterocycles. The van der Waals surface area contributed by atoms with Crippen LogP contribution in [0.15, 0.2) is 22.6 Å². The predicted octanol–water partition coefficient (Wildman–Crippen LogP) is 5.88. The van der Waals surface area contributed by atoms with Crippen LogP contribution in [0.4, 0.5) is 26.3 Å². The molecule has 2 aromatic rings. The molecule has 0 aliphatic rings. The van der Waals surface area contributed by atoms with E-state index in [0.717, 1.165) is 0 Å². The van der Waals surface area contributed by atoms with E-state index in [1.165, 1.54) is 0 Å². The maximum absolute atomic E-state index is 12.8. The summed E-state index contributed by atoms with van der Waals surface area (Å²) in [6, 6.07) is 1.29. The van der Waals surface area contributed by atoms with E-state index in [0.29, 0.717) is 34.4 Å². The molecule has 23 heavy (non-hydrogen) atoms. The zero-order valence-corrected chi connectivity index (χ0v) is 13.8. The van der Waals surface area contributed by atoms with E-state index in [-0.39, 0.29) is 17.5 Å². The monoisotopic (exact) mass is 449 g/mol. The van der Waals surface area contributed by atoms with Gasteiger partial charge in [0.25, 0.3) is 0 Å². The van der Waals surface area contributed by atoms with Crippen LogP contribution in [0.3, 0.4) is 0 Å². The fraction of sp³-hybridized carbons (Fsp3) is 0.357. The lowest BCUT2D eigenvalue weighted by Gasteiger charge is -2.13. The van der Waals surface area contributed by atoms with Crippen molar-refractivity contribution in [1.82, 2.24) is 4.98 Å². The lowest BCUT2D eigenvalue weighted by molar-refractivity contribution is -0.143. The molecule has 0 saturated heterocycles. The maximum Gasteiger partial charge on any atom is 0.416 e. The van der Waals surface area contributed by atoms with Crippen molar-refractivity contribution in [2.75, 3.05) is 0 Å². The second kappa shape index (κ2) is 6.33. The minimum atomic E-state index is -4.90. The molecular formula is C14H10F6INO. The molecule has 0 radical (unpaired) electrons. The van der Waals surface area contributed by atoms with Crippen molar-refractivity contribution in [3.05, 3.63) is 40.8 Å². The largest absolute Gasteiger partial charge is 0.441 e. The van der Waals surface area contributed by atoms with E-state index < -0.39 is 23.5 Å². The Morgan fingerprint density at radius 2 is 1.52 bits per heavy atom. The molecule has 1 aromatic carbocycles. The highest BCUT2D eigenvalue weighted by Crippen LogP contribution is 2.38. The van der Waals surface area contributed by atoms with Crippen molar-refractivity contribution in [2.45, 2.75) is 30.1 Å². The van der Waals surface area contributed by atoms with Gasteiger partial charge in [-0.1, -0.05) is 29.5 Å². The Labute approximate surface area is 141 Å². The van der Waals surface area contributed by atoms with Crippen LogP contribution < -0.4 is 0 Å². The van der Waals surface area contributed by atoms with Crippen LogP contribution in [-0.2, 0) is 23.2 Å². The van der Waals surface area contributed by atoms with E-state index in [9.17, 15) is 26.3 Å². The summed E-state index contributed by atoms with van der Waals surface area (Å²) in [5, 5.41) is 0. The van der Waals surface area contributed by atoms with Gasteiger partial charge in [-0.15, -0.1) is 0 Å². The molecule has 0 saturated carbocycles. The third-order valence-electron chi connectivity index (χ3n) is 3.06. The number of benzene rings is 1. The predicted molar refractivity (Wildman–Crippen MR) is 79.0 cm³/mol. The summed E-state index contributed by atoms with van der Waals surface area (Å²) in [5.41, 5.74) is -2.63. The highest BCUT2D eigenvalue weighted by Gasteiger charge is 2.37. The van der Waals surface area contributed by atoms with Gasteiger partial charge < -0.3 is 4.42 Å². The number of aryl methyl sites for hydroxylation is 1. The molecule has 0 unspecified atom stereocenters. The number of oxazole rings is 1. The van der Waals surface area contributed by atoms with Gasteiger partial charge >= 0.3 is 12.4 Å². The lowest BCUT2D eigenvalue weighted by Crippen LogP contribution is -2.11. The highest BCUT2D eigenvalue weighted by molar-refractivity contribution is 14.1. The van der Waals surface area contributed by atoms with Gasteiger partial charge in [0.15, 0.2) is 0 Å². The van der Waals surface area contributed by atoms with E-state index in [1.54, 1.807) is 6.92 Å². The van der Waals surface area contributed by atoms with Gasteiger partial charge in [0.1, 0.15) is 5.76 Å². The summed E-state index contributed by atoms with van der Waals surface area (Å²) in [4.78, 5) is 4.01. The minimum absolute atomic E-state index is 0.0758. The van der Waals surface area contributed by atoms with Gasteiger partial charge in [0.05, 0.1) is 16.8 Å². The fourth-order valence-corrected chi connectivity index (χ4v) is 2.56. The molecule has 0 aliphatic carbocycles. The molecule has 126 valence electrons. The minimum Gasteiger partial charge on any atom is -0.441 e. The molecule has 0 bridgehead atoms. The average molecular weight is 449 g/mol. The SMILES string of the molecule is CCc1oc(-c2cc(C(F)(F)F)cc(C(F)(F)F)c2)nc1CI. The zero-order valence-electron chi connectivity index (χ0n) is 11.6. The van der Waals surface area contributed by atoms with Crippen LogP contribution in [0.2, 0.25) is 0 Å². The first-order valence-corrected chi connectivity index (χ1v) is 7.93. The van der Waals surface area contributed by atoms with Crippen LogP contribution in [-0.4, -0.2) is 4.98 Å². The first-order valence-electron chi connectivity index (χ1n) is 6.40. The zero-order chi connectivity index (χ0) is 17.4. The van der Waals surface area contributed by atoms with Crippen molar-refractivity contribution in [3.63, 3.8) is 0 Å². The van der Waals surface area contributed by atoms with Gasteiger partial charge in [0.2, 0.25) is 5.89 Å². The molecule has 2 rings (SSSR count). The number of nitrogens with zero attached hydrogens (tertiary/aromatic N) is 1. The number of halogens is 7. The van der Waals surface area contributed by atoms with E-state index in [1.807, 2.05) is 22.6 Å². The maximum atomic E-state index is 12.8. The average Bonchev–Trinajstić information content (AvgIpc) is 2.88. The molecule has 0 atom stereocenters. The second-order valence-corrected chi connectivity index (χ2v) is 5.43. The van der Waals surface area contributed by atoms with Gasteiger partial charge in [-0.3, -0.25) is 0 Å². The number of alkyl halides is 7. The molecule has 9 heteroatoms. The first-order chi connectivity index (χ1) is 10.6. The fourth-order valence-electron chi connectivity index (χ4n) is 1.97. The summed E-state index contributed by atoms with van der Waals surface area (Å²) >= 11 is 1.99. The van der Waals surface area contributed by atoms with Gasteiger partial charge in [-0.2, -0.15) is 26.3 Å². The lowest BCUT2D eigenvalue weighted by atomic mass is 10.0. The Morgan fingerprint density at radius 1 is 1.00 bits per heavy atom. The number of hydrogen-bond donors (Lipinski definition) is 0. The third kappa shape index (κ3) is 3.99. The molecule has 1 aromatic heterocycles. The van der Waals surface area contributed by atoms with Gasteiger partial charge in [-0.25, -0.2) is 4.98 Å². The standard InChI is InChI=1S/C14H10F6INO/c1-2-11-10(6-21)22-12(23-11)7-3-8(13(15,16)17)5-9(4-7)14(18,19)20/h3-5H,2,6H2,1H3. The normalized spacial score (nSPS) is 12.7. The Morgan fingerprint density at radius 3 is 1.87 bits per heavy atom. The molecule has 0 N–H and O–H groups in total. The molecule has 2 nitrogen and oxygen atoms in total. The summed E-state index contributed by atoms with van der Waals surface area (Å²) in [6.07, 6.45) is -9.36. The van der Waals surface area contributed by atoms with Gasteiger partial charge in [0, 0.05) is 16.4 Å². The Bertz CT molecular complexity index is 651. The topological polar surface area (TPSA) is 26.0 Å². The van der Waals surface area contributed by atoms with Crippen molar-refractivity contribution in [2.24, 2.45) is 0 Å². The Balaban J connectivity index is 2.64. The van der Waals surface area contributed by atoms with Crippen LogP contribution in [0.1, 0.15) is 29.5 Å². The van der Waals surface area contributed by atoms with Crippen LogP contribution in [0.25, 0.3) is 11.5 Å². The summed E-state index contributed by atoms with van der Waals surface area (Å²) in [7, 11) is 0. The molecule has 0 amide bonds. The van der Waals surface area contributed by atoms with Crippen molar-refractivity contribution >= 4 is 22.6 Å². The van der Waals surface area contributed by atoms with Crippen molar-refractivity contribution in [3.8, 4) is 11.5 Å². The molecule has 0 fully saturated rings. The smallest absolute Gasteiger partial charge is 0.416 e.